The monoisotopic (exact) mass is 421 g/mol. The van der Waals surface area contributed by atoms with Gasteiger partial charge in [-0.25, -0.2) is 22.0 Å². The van der Waals surface area contributed by atoms with E-state index in [2.05, 4.69) is 9.88 Å². The van der Waals surface area contributed by atoms with Crippen LogP contribution < -0.4 is 9.86 Å². The minimum absolute atomic E-state index is 0.104. The van der Waals surface area contributed by atoms with Gasteiger partial charge in [0, 0.05) is 17.3 Å². The van der Waals surface area contributed by atoms with Crippen molar-refractivity contribution in [2.24, 2.45) is 5.14 Å². The van der Waals surface area contributed by atoms with Gasteiger partial charge in [0.1, 0.15) is 0 Å². The van der Waals surface area contributed by atoms with Gasteiger partial charge in [-0.05, 0) is 49.2 Å². The Labute approximate surface area is 163 Å². The molecule has 148 valence electrons. The molecule has 0 spiro atoms. The molecule has 3 N–H and O–H groups in total. The average molecular weight is 422 g/mol. The smallest absolute Gasteiger partial charge is 0.262 e. The molecule has 0 bridgehead atoms. The maximum atomic E-state index is 13.0. The molecule has 0 atom stereocenters. The van der Waals surface area contributed by atoms with E-state index in [0.29, 0.717) is 29.0 Å². The van der Waals surface area contributed by atoms with Gasteiger partial charge >= 0.3 is 0 Å². The predicted molar refractivity (Wildman–Crippen MR) is 105 cm³/mol. The molecule has 0 saturated heterocycles. The van der Waals surface area contributed by atoms with Crippen LogP contribution in [0.25, 0.3) is 11.3 Å². The van der Waals surface area contributed by atoms with Crippen molar-refractivity contribution in [1.29, 1.82) is 0 Å². The molecule has 0 amide bonds. The summed E-state index contributed by atoms with van der Waals surface area (Å²) in [4.78, 5) is 0.00413. The standard InChI is InChI=1S/C18H19N3O5S2/c1-3-13-4-5-14(17-10-12(2)20-26-17)11-18(13)28(24,25)21-15-6-8-16(9-7-15)27(19,22)23/h4-11,21H,3H2,1-2H3,(H2,19,22,23). The van der Waals surface area contributed by atoms with E-state index in [-0.39, 0.29) is 15.5 Å². The Hall–Kier alpha value is -2.69. The number of nitrogens with two attached hydrogens (primary N) is 1. The topological polar surface area (TPSA) is 132 Å². The maximum Gasteiger partial charge on any atom is 0.262 e. The van der Waals surface area contributed by atoms with Crippen LogP contribution in [0.4, 0.5) is 5.69 Å². The van der Waals surface area contributed by atoms with E-state index in [9.17, 15) is 16.8 Å². The van der Waals surface area contributed by atoms with Gasteiger partial charge in [-0.3, -0.25) is 4.72 Å². The van der Waals surface area contributed by atoms with Crippen molar-refractivity contribution in [3.05, 3.63) is 59.8 Å². The number of nitrogens with zero attached hydrogens (tertiary/aromatic N) is 1. The molecule has 28 heavy (non-hydrogen) atoms. The van der Waals surface area contributed by atoms with Crippen molar-refractivity contribution in [3.63, 3.8) is 0 Å². The van der Waals surface area contributed by atoms with Crippen LogP contribution in [0.3, 0.4) is 0 Å². The van der Waals surface area contributed by atoms with Crippen molar-refractivity contribution in [2.45, 2.75) is 30.1 Å². The SMILES string of the molecule is CCc1ccc(-c2cc(C)no2)cc1S(=O)(=O)Nc1ccc(S(N)(=O)=O)cc1. The molecule has 3 aromatic rings. The fourth-order valence-corrected chi connectivity index (χ4v) is 4.58. The number of rotatable bonds is 6. The molecule has 3 rings (SSSR count). The molecule has 0 aliphatic rings. The highest BCUT2D eigenvalue weighted by atomic mass is 32.2. The van der Waals surface area contributed by atoms with Crippen LogP contribution in [0, 0.1) is 6.92 Å². The summed E-state index contributed by atoms with van der Waals surface area (Å²) in [5.41, 5.74) is 2.12. The first-order chi connectivity index (χ1) is 13.1. The number of hydrogen-bond acceptors (Lipinski definition) is 6. The molecule has 0 radical (unpaired) electrons. The second kappa shape index (κ2) is 7.38. The van der Waals surface area contributed by atoms with E-state index in [1.807, 2.05) is 6.92 Å². The zero-order valence-electron chi connectivity index (χ0n) is 15.2. The number of hydrogen-bond donors (Lipinski definition) is 2. The number of aromatic nitrogens is 1. The lowest BCUT2D eigenvalue weighted by molar-refractivity contribution is 0.427. The Morgan fingerprint density at radius 1 is 1.04 bits per heavy atom. The molecule has 0 saturated carbocycles. The fraction of sp³-hybridized carbons (Fsp3) is 0.167. The zero-order chi connectivity index (χ0) is 20.5. The van der Waals surface area contributed by atoms with E-state index in [4.69, 9.17) is 9.66 Å². The fourth-order valence-electron chi connectivity index (χ4n) is 2.67. The van der Waals surface area contributed by atoms with Gasteiger partial charge in [0.25, 0.3) is 10.0 Å². The largest absolute Gasteiger partial charge is 0.356 e. The van der Waals surface area contributed by atoms with Crippen LogP contribution in [-0.4, -0.2) is 22.0 Å². The van der Waals surface area contributed by atoms with Crippen LogP contribution in [0.15, 0.2) is 62.8 Å². The Kier molecular flexibility index (Phi) is 5.28. The molecule has 8 nitrogen and oxygen atoms in total. The van der Waals surface area contributed by atoms with Gasteiger partial charge in [0.05, 0.1) is 15.5 Å². The summed E-state index contributed by atoms with van der Waals surface area (Å²) in [6, 6.07) is 11.9. The van der Waals surface area contributed by atoms with Crippen LogP contribution in [0.2, 0.25) is 0 Å². The summed E-state index contributed by atoms with van der Waals surface area (Å²) in [5.74, 6) is 0.467. The van der Waals surface area contributed by atoms with Crippen molar-refractivity contribution < 1.29 is 21.4 Å². The second-order valence-corrected chi connectivity index (χ2v) is 9.40. The van der Waals surface area contributed by atoms with Crippen LogP contribution in [-0.2, 0) is 26.5 Å². The lowest BCUT2D eigenvalue weighted by atomic mass is 10.1. The second-order valence-electron chi connectivity index (χ2n) is 6.18. The first-order valence-corrected chi connectivity index (χ1v) is 11.4. The summed E-state index contributed by atoms with van der Waals surface area (Å²) in [5, 5.41) is 8.88. The first-order valence-electron chi connectivity index (χ1n) is 8.32. The molecule has 2 aromatic carbocycles. The molecule has 0 aliphatic carbocycles. The minimum Gasteiger partial charge on any atom is -0.356 e. The quantitative estimate of drug-likeness (QED) is 0.629. The van der Waals surface area contributed by atoms with Gasteiger partial charge in [-0.1, -0.05) is 24.2 Å². The Balaban J connectivity index is 1.98. The minimum atomic E-state index is -3.92. The van der Waals surface area contributed by atoms with E-state index < -0.39 is 20.0 Å². The molecule has 1 aromatic heterocycles. The number of anilines is 1. The third-order valence-electron chi connectivity index (χ3n) is 4.09. The van der Waals surface area contributed by atoms with Crippen LogP contribution >= 0.6 is 0 Å². The van der Waals surface area contributed by atoms with Crippen molar-refractivity contribution in [1.82, 2.24) is 5.16 Å². The molecule has 0 aliphatic heterocycles. The number of sulfonamides is 2. The van der Waals surface area contributed by atoms with Gasteiger partial charge < -0.3 is 4.52 Å². The third kappa shape index (κ3) is 4.24. The lowest BCUT2D eigenvalue weighted by Crippen LogP contribution is -2.16. The third-order valence-corrected chi connectivity index (χ3v) is 6.48. The summed E-state index contributed by atoms with van der Waals surface area (Å²) in [6.45, 7) is 3.63. The summed E-state index contributed by atoms with van der Waals surface area (Å²) in [7, 11) is -7.77. The van der Waals surface area contributed by atoms with E-state index in [1.54, 1.807) is 25.1 Å². The van der Waals surface area contributed by atoms with E-state index in [1.165, 1.54) is 30.3 Å². The Morgan fingerprint density at radius 2 is 1.71 bits per heavy atom. The van der Waals surface area contributed by atoms with Crippen molar-refractivity contribution in [3.8, 4) is 11.3 Å². The Bertz CT molecular complexity index is 1210. The van der Waals surface area contributed by atoms with Gasteiger partial charge in [0.15, 0.2) is 5.76 Å². The molecular weight excluding hydrogens is 402 g/mol. The molecule has 1 heterocycles. The molecule has 0 fully saturated rings. The first kappa shape index (κ1) is 20.1. The van der Waals surface area contributed by atoms with Crippen LogP contribution in [0.5, 0.6) is 0 Å². The van der Waals surface area contributed by atoms with Crippen molar-refractivity contribution in [2.75, 3.05) is 4.72 Å². The highest BCUT2D eigenvalue weighted by Crippen LogP contribution is 2.28. The number of primary sulfonamides is 1. The summed E-state index contributed by atoms with van der Waals surface area (Å²) in [6.07, 6.45) is 0.510. The maximum absolute atomic E-state index is 13.0. The lowest BCUT2D eigenvalue weighted by Gasteiger charge is -2.13. The molecular formula is C18H19N3O5S2. The zero-order valence-corrected chi connectivity index (χ0v) is 16.8. The van der Waals surface area contributed by atoms with Crippen LogP contribution in [0.1, 0.15) is 18.2 Å². The number of nitrogens with one attached hydrogen (secondary N) is 1. The van der Waals surface area contributed by atoms with Crippen molar-refractivity contribution >= 4 is 25.7 Å². The predicted octanol–water partition coefficient (Wildman–Crippen LogP) is 2.66. The van der Waals surface area contributed by atoms with Gasteiger partial charge in [0.2, 0.25) is 10.0 Å². The highest BCUT2D eigenvalue weighted by Gasteiger charge is 2.20. The molecule has 10 heteroatoms. The summed E-state index contributed by atoms with van der Waals surface area (Å²) < 4.78 is 56.3. The van der Waals surface area contributed by atoms with E-state index >= 15 is 0 Å². The average Bonchev–Trinajstić information content (AvgIpc) is 3.07. The highest BCUT2D eigenvalue weighted by molar-refractivity contribution is 7.92. The summed E-state index contributed by atoms with van der Waals surface area (Å²) >= 11 is 0. The number of aryl methyl sites for hydroxylation is 2. The van der Waals surface area contributed by atoms with Gasteiger partial charge in [-0.15, -0.1) is 0 Å². The van der Waals surface area contributed by atoms with Gasteiger partial charge in [-0.2, -0.15) is 0 Å². The Morgan fingerprint density at radius 3 is 2.25 bits per heavy atom. The van der Waals surface area contributed by atoms with E-state index in [0.717, 1.165) is 0 Å². The normalized spacial score (nSPS) is 12.1. The molecule has 0 unspecified atom stereocenters. The number of benzene rings is 2.